The van der Waals surface area contributed by atoms with E-state index >= 15 is 0 Å². The maximum Gasteiger partial charge on any atom is 0.411 e. The second kappa shape index (κ2) is 4.19. The molecular formula is C18H15NO4. The zero-order chi connectivity index (χ0) is 15.7. The average Bonchev–Trinajstić information content (AvgIpc) is 2.92. The molecule has 1 fully saturated rings. The summed E-state index contributed by atoms with van der Waals surface area (Å²) in [6.45, 7) is 0.628. The van der Waals surface area contributed by atoms with Crippen LogP contribution in [0.15, 0.2) is 30.3 Å². The normalized spacial score (nSPS) is 23.2. The molecule has 2 aromatic carbocycles. The summed E-state index contributed by atoms with van der Waals surface area (Å²) in [5.41, 5.74) is 4.76. The number of aromatic hydroxyl groups is 1. The molecular weight excluding hydrogens is 294 g/mol. The van der Waals surface area contributed by atoms with Crippen molar-refractivity contribution in [2.24, 2.45) is 0 Å². The monoisotopic (exact) mass is 309 g/mol. The first kappa shape index (κ1) is 12.8. The fraction of sp³-hybridized carbons (Fsp3) is 0.278. The summed E-state index contributed by atoms with van der Waals surface area (Å²) in [5, 5.41) is 10.7. The van der Waals surface area contributed by atoms with Gasteiger partial charge in [-0.25, -0.2) is 4.79 Å². The number of methoxy groups -OCH3 is 1. The summed E-state index contributed by atoms with van der Waals surface area (Å²) >= 11 is 0. The van der Waals surface area contributed by atoms with E-state index in [1.54, 1.807) is 12.0 Å². The van der Waals surface area contributed by atoms with Gasteiger partial charge < -0.3 is 14.6 Å². The molecule has 0 aromatic heterocycles. The standard InChI is InChI=1S/C18H15NO4/c1-22-12-8-9-6-7-19-15-13(9)14(16(12)20)10-4-2-3-5-11(10)17(15)23-18(19)21/h2-5,8,15,17,20H,6-7H2,1H3/t15-,17-/m0/s1. The molecule has 0 unspecified atom stereocenters. The number of phenols is 1. The molecule has 0 saturated carbocycles. The van der Waals surface area contributed by atoms with Crippen LogP contribution in [0.4, 0.5) is 4.79 Å². The molecule has 23 heavy (non-hydrogen) atoms. The van der Waals surface area contributed by atoms with Gasteiger partial charge in [-0.15, -0.1) is 0 Å². The number of nitrogens with zero attached hydrogens (tertiary/aromatic N) is 1. The van der Waals surface area contributed by atoms with E-state index in [0.29, 0.717) is 12.3 Å². The number of hydrogen-bond donors (Lipinski definition) is 1. The van der Waals surface area contributed by atoms with E-state index < -0.39 is 0 Å². The molecule has 1 N–H and O–H groups in total. The number of benzene rings is 2. The molecule has 116 valence electrons. The van der Waals surface area contributed by atoms with Crippen molar-refractivity contribution in [2.75, 3.05) is 13.7 Å². The van der Waals surface area contributed by atoms with Crippen molar-refractivity contribution in [3.63, 3.8) is 0 Å². The summed E-state index contributed by atoms with van der Waals surface area (Å²) in [5.74, 6) is 0.615. The van der Waals surface area contributed by atoms with Crippen LogP contribution in [0.3, 0.4) is 0 Å². The predicted octanol–water partition coefficient (Wildman–Crippen LogP) is 3.17. The highest BCUT2D eigenvalue weighted by Gasteiger charge is 2.51. The molecule has 0 radical (unpaired) electrons. The number of ether oxygens (including phenoxy) is 2. The largest absolute Gasteiger partial charge is 0.504 e. The Hall–Kier alpha value is -2.69. The van der Waals surface area contributed by atoms with Gasteiger partial charge in [-0.05, 0) is 29.2 Å². The topological polar surface area (TPSA) is 59.0 Å². The minimum absolute atomic E-state index is 0.137. The van der Waals surface area contributed by atoms with Crippen molar-refractivity contribution in [1.82, 2.24) is 4.90 Å². The molecule has 1 saturated heterocycles. The number of phenolic OH excluding ortho intramolecular Hbond substituents is 1. The van der Waals surface area contributed by atoms with Crippen LogP contribution in [0, 0.1) is 0 Å². The van der Waals surface area contributed by atoms with Crippen molar-refractivity contribution in [1.29, 1.82) is 0 Å². The minimum atomic E-state index is -0.307. The highest BCUT2D eigenvalue weighted by atomic mass is 16.6. The molecule has 0 bridgehead atoms. The highest BCUT2D eigenvalue weighted by Crippen LogP contribution is 2.58. The summed E-state index contributed by atoms with van der Waals surface area (Å²) in [7, 11) is 1.56. The lowest BCUT2D eigenvalue weighted by molar-refractivity contribution is 0.130. The molecule has 2 aromatic rings. The van der Waals surface area contributed by atoms with Gasteiger partial charge in [0.2, 0.25) is 0 Å². The molecule has 2 aliphatic heterocycles. The fourth-order valence-electron chi connectivity index (χ4n) is 4.19. The van der Waals surface area contributed by atoms with E-state index in [1.165, 1.54) is 0 Å². The molecule has 1 amide bonds. The molecule has 5 rings (SSSR count). The van der Waals surface area contributed by atoms with E-state index in [2.05, 4.69) is 0 Å². The lowest BCUT2D eigenvalue weighted by Crippen LogP contribution is -2.36. The van der Waals surface area contributed by atoms with Gasteiger partial charge in [-0.2, -0.15) is 0 Å². The van der Waals surface area contributed by atoms with Crippen LogP contribution in [0.25, 0.3) is 11.1 Å². The van der Waals surface area contributed by atoms with Gasteiger partial charge in [0.1, 0.15) is 6.04 Å². The van der Waals surface area contributed by atoms with Crippen LogP contribution < -0.4 is 4.74 Å². The summed E-state index contributed by atoms with van der Waals surface area (Å²) in [6, 6.07) is 9.52. The molecule has 3 aliphatic rings. The quantitative estimate of drug-likeness (QED) is 0.879. The maximum atomic E-state index is 12.2. The Balaban J connectivity index is 1.91. The van der Waals surface area contributed by atoms with Crippen LogP contribution in [-0.2, 0) is 11.2 Å². The molecule has 5 heteroatoms. The Morgan fingerprint density at radius 3 is 3.00 bits per heavy atom. The Morgan fingerprint density at radius 1 is 1.35 bits per heavy atom. The van der Waals surface area contributed by atoms with Gasteiger partial charge >= 0.3 is 6.09 Å². The van der Waals surface area contributed by atoms with E-state index in [1.807, 2.05) is 30.3 Å². The van der Waals surface area contributed by atoms with Crippen LogP contribution >= 0.6 is 0 Å². The summed E-state index contributed by atoms with van der Waals surface area (Å²) in [4.78, 5) is 14.0. The van der Waals surface area contributed by atoms with E-state index in [-0.39, 0.29) is 24.0 Å². The van der Waals surface area contributed by atoms with Crippen LogP contribution in [0.1, 0.15) is 28.8 Å². The third-order valence-electron chi connectivity index (χ3n) is 5.15. The van der Waals surface area contributed by atoms with Crippen LogP contribution in [-0.4, -0.2) is 29.8 Å². The molecule has 0 spiro atoms. The Kier molecular flexibility index (Phi) is 2.33. The zero-order valence-electron chi connectivity index (χ0n) is 12.6. The molecule has 1 aliphatic carbocycles. The van der Waals surface area contributed by atoms with E-state index in [4.69, 9.17) is 9.47 Å². The van der Waals surface area contributed by atoms with Crippen molar-refractivity contribution < 1.29 is 19.4 Å². The van der Waals surface area contributed by atoms with E-state index in [0.717, 1.165) is 34.2 Å². The Labute approximate surface area is 133 Å². The van der Waals surface area contributed by atoms with Gasteiger partial charge in [0.25, 0.3) is 0 Å². The van der Waals surface area contributed by atoms with Gasteiger partial charge in [0.15, 0.2) is 17.6 Å². The van der Waals surface area contributed by atoms with Crippen molar-refractivity contribution in [3.8, 4) is 22.6 Å². The first-order valence-corrected chi connectivity index (χ1v) is 7.70. The first-order valence-electron chi connectivity index (χ1n) is 7.70. The van der Waals surface area contributed by atoms with E-state index in [9.17, 15) is 9.90 Å². The van der Waals surface area contributed by atoms with Gasteiger partial charge in [-0.3, -0.25) is 4.90 Å². The van der Waals surface area contributed by atoms with Gasteiger partial charge in [0, 0.05) is 17.7 Å². The maximum absolute atomic E-state index is 12.2. The van der Waals surface area contributed by atoms with Crippen LogP contribution in [0.5, 0.6) is 11.5 Å². The van der Waals surface area contributed by atoms with Gasteiger partial charge in [0.05, 0.1) is 7.11 Å². The molecule has 5 nitrogen and oxygen atoms in total. The zero-order valence-corrected chi connectivity index (χ0v) is 12.6. The highest BCUT2D eigenvalue weighted by molar-refractivity contribution is 5.86. The Morgan fingerprint density at radius 2 is 2.17 bits per heavy atom. The third-order valence-corrected chi connectivity index (χ3v) is 5.15. The number of hydrogen-bond acceptors (Lipinski definition) is 4. The molecule has 2 atom stereocenters. The SMILES string of the molecule is COc1cc2c3c(c1O)-c1ccccc1[C@@H]1OC(=O)N(CC2)[C@@H]31. The lowest BCUT2D eigenvalue weighted by Gasteiger charge is -2.37. The van der Waals surface area contributed by atoms with Crippen molar-refractivity contribution in [3.05, 3.63) is 47.0 Å². The lowest BCUT2D eigenvalue weighted by atomic mass is 9.75. The van der Waals surface area contributed by atoms with Gasteiger partial charge in [-0.1, -0.05) is 24.3 Å². The second-order valence-electron chi connectivity index (χ2n) is 6.16. The van der Waals surface area contributed by atoms with Crippen molar-refractivity contribution >= 4 is 6.09 Å². The smallest absolute Gasteiger partial charge is 0.411 e. The summed E-state index contributed by atoms with van der Waals surface area (Å²) < 4.78 is 11.0. The number of fused-ring (bicyclic) bond motifs is 3. The number of amides is 1. The van der Waals surface area contributed by atoms with Crippen molar-refractivity contribution in [2.45, 2.75) is 18.6 Å². The fourth-order valence-corrected chi connectivity index (χ4v) is 4.19. The predicted molar refractivity (Wildman–Crippen MR) is 82.5 cm³/mol. The minimum Gasteiger partial charge on any atom is -0.504 e. The van der Waals surface area contributed by atoms with Crippen LogP contribution in [0.2, 0.25) is 0 Å². The third kappa shape index (κ3) is 1.44. The number of carbonyl (C=O) groups is 1. The molecule has 2 heterocycles. The second-order valence-corrected chi connectivity index (χ2v) is 6.16. The number of carbonyl (C=O) groups excluding carboxylic acids is 1. The average molecular weight is 309 g/mol. The summed E-state index contributed by atoms with van der Waals surface area (Å²) in [6.07, 6.45) is 0.154. The number of rotatable bonds is 1. The first-order chi connectivity index (χ1) is 11.2. The Bertz CT molecular complexity index is 860.